The van der Waals surface area contributed by atoms with Crippen LogP contribution >= 0.6 is 0 Å². The van der Waals surface area contributed by atoms with Crippen LogP contribution in [0.1, 0.15) is 38.7 Å². The third-order valence-corrected chi connectivity index (χ3v) is 3.79. The van der Waals surface area contributed by atoms with Crippen molar-refractivity contribution in [1.29, 1.82) is 0 Å². The summed E-state index contributed by atoms with van der Waals surface area (Å²) in [7, 11) is 2.22. The van der Waals surface area contributed by atoms with Gasteiger partial charge in [0.1, 0.15) is 0 Å². The van der Waals surface area contributed by atoms with E-state index >= 15 is 0 Å². The Morgan fingerprint density at radius 1 is 1.05 bits per heavy atom. The quantitative estimate of drug-likeness (QED) is 0.740. The van der Waals surface area contributed by atoms with Gasteiger partial charge in [-0.1, -0.05) is 44.2 Å². The summed E-state index contributed by atoms with van der Waals surface area (Å²) in [5, 5.41) is 0. The van der Waals surface area contributed by atoms with Crippen LogP contribution in [0.4, 0.5) is 0 Å². The lowest BCUT2D eigenvalue weighted by atomic mass is 9.88. The minimum absolute atomic E-state index is 0.297. The first-order valence-electron chi connectivity index (χ1n) is 7.46. The van der Waals surface area contributed by atoms with Gasteiger partial charge in [0, 0.05) is 0 Å². The number of hydrogen-bond donors (Lipinski definition) is 1. The molecule has 0 aliphatic rings. The first kappa shape index (κ1) is 16.2. The van der Waals surface area contributed by atoms with Crippen LogP contribution in [0.2, 0.25) is 0 Å². The molecule has 0 aliphatic carbocycles. The van der Waals surface area contributed by atoms with Crippen LogP contribution in [0.5, 0.6) is 0 Å². The SMILES string of the molecule is CN(CCCc1ccccc1)CCCC(C)(C)CN. The molecule has 0 bridgehead atoms. The molecule has 0 aliphatic heterocycles. The predicted octanol–water partition coefficient (Wildman–Crippen LogP) is 3.32. The van der Waals surface area contributed by atoms with E-state index in [-0.39, 0.29) is 0 Å². The van der Waals surface area contributed by atoms with E-state index in [1.165, 1.54) is 44.3 Å². The molecule has 0 amide bonds. The van der Waals surface area contributed by atoms with Gasteiger partial charge in [-0.2, -0.15) is 0 Å². The fourth-order valence-electron chi connectivity index (χ4n) is 2.24. The van der Waals surface area contributed by atoms with Crippen molar-refractivity contribution in [2.75, 3.05) is 26.7 Å². The normalized spacial score (nSPS) is 12.1. The van der Waals surface area contributed by atoms with Gasteiger partial charge in [0.2, 0.25) is 0 Å². The molecule has 2 nitrogen and oxygen atoms in total. The molecular formula is C17H30N2. The topological polar surface area (TPSA) is 29.3 Å². The molecule has 108 valence electrons. The van der Waals surface area contributed by atoms with E-state index < -0.39 is 0 Å². The van der Waals surface area contributed by atoms with Gasteiger partial charge in [-0.15, -0.1) is 0 Å². The zero-order valence-electron chi connectivity index (χ0n) is 12.9. The lowest BCUT2D eigenvalue weighted by Gasteiger charge is -2.24. The van der Waals surface area contributed by atoms with E-state index in [0.29, 0.717) is 5.41 Å². The van der Waals surface area contributed by atoms with Gasteiger partial charge in [0.25, 0.3) is 0 Å². The number of rotatable bonds is 9. The smallest absolute Gasteiger partial charge is 0.00186 e. The number of hydrogen-bond acceptors (Lipinski definition) is 2. The second kappa shape index (κ2) is 8.34. The Kier molecular flexibility index (Phi) is 7.11. The van der Waals surface area contributed by atoms with Crippen molar-refractivity contribution >= 4 is 0 Å². The summed E-state index contributed by atoms with van der Waals surface area (Å²) in [4.78, 5) is 2.44. The second-order valence-electron chi connectivity index (χ2n) is 6.36. The first-order chi connectivity index (χ1) is 9.03. The van der Waals surface area contributed by atoms with E-state index in [9.17, 15) is 0 Å². The van der Waals surface area contributed by atoms with Crippen molar-refractivity contribution in [3.05, 3.63) is 35.9 Å². The largest absolute Gasteiger partial charge is 0.330 e. The molecule has 0 fully saturated rings. The molecule has 0 aromatic heterocycles. The third-order valence-electron chi connectivity index (χ3n) is 3.79. The van der Waals surface area contributed by atoms with E-state index in [1.807, 2.05) is 0 Å². The second-order valence-corrected chi connectivity index (χ2v) is 6.36. The maximum absolute atomic E-state index is 5.75. The standard InChI is InChI=1S/C17H30N2/c1-17(2,15-18)12-8-14-19(3)13-7-11-16-9-5-4-6-10-16/h4-6,9-10H,7-8,11-15,18H2,1-3H3. The minimum Gasteiger partial charge on any atom is -0.330 e. The van der Waals surface area contributed by atoms with Gasteiger partial charge in [0.15, 0.2) is 0 Å². The van der Waals surface area contributed by atoms with Gasteiger partial charge < -0.3 is 10.6 Å². The fourth-order valence-corrected chi connectivity index (χ4v) is 2.24. The van der Waals surface area contributed by atoms with Crippen LogP contribution in [-0.4, -0.2) is 31.6 Å². The molecule has 0 unspecified atom stereocenters. The van der Waals surface area contributed by atoms with Crippen molar-refractivity contribution in [2.45, 2.75) is 39.5 Å². The van der Waals surface area contributed by atoms with Crippen LogP contribution in [0.3, 0.4) is 0 Å². The molecule has 19 heavy (non-hydrogen) atoms. The highest BCUT2D eigenvalue weighted by Gasteiger charge is 2.14. The first-order valence-corrected chi connectivity index (χ1v) is 7.46. The molecule has 0 saturated carbocycles. The van der Waals surface area contributed by atoms with Crippen LogP contribution in [0, 0.1) is 5.41 Å². The van der Waals surface area contributed by atoms with Crippen LogP contribution in [0.25, 0.3) is 0 Å². The molecule has 1 aromatic carbocycles. The van der Waals surface area contributed by atoms with Crippen molar-refractivity contribution in [1.82, 2.24) is 4.90 Å². The van der Waals surface area contributed by atoms with E-state index in [4.69, 9.17) is 5.73 Å². The van der Waals surface area contributed by atoms with Gasteiger partial charge in [-0.3, -0.25) is 0 Å². The zero-order chi connectivity index (χ0) is 14.1. The van der Waals surface area contributed by atoms with E-state index in [0.717, 1.165) is 6.54 Å². The Balaban J connectivity index is 2.10. The highest BCUT2D eigenvalue weighted by atomic mass is 15.1. The molecule has 2 N–H and O–H groups in total. The van der Waals surface area contributed by atoms with Gasteiger partial charge in [-0.25, -0.2) is 0 Å². The summed E-state index contributed by atoms with van der Waals surface area (Å²) < 4.78 is 0. The molecular weight excluding hydrogens is 232 g/mol. The number of nitrogens with two attached hydrogens (primary N) is 1. The fraction of sp³-hybridized carbons (Fsp3) is 0.647. The maximum atomic E-state index is 5.75. The highest BCUT2D eigenvalue weighted by molar-refractivity contribution is 5.14. The Morgan fingerprint density at radius 3 is 2.32 bits per heavy atom. The summed E-state index contributed by atoms with van der Waals surface area (Å²) >= 11 is 0. The Hall–Kier alpha value is -0.860. The maximum Gasteiger partial charge on any atom is -0.00186 e. The lowest BCUT2D eigenvalue weighted by molar-refractivity contribution is 0.276. The minimum atomic E-state index is 0.297. The predicted molar refractivity (Wildman–Crippen MR) is 84.3 cm³/mol. The summed E-state index contributed by atoms with van der Waals surface area (Å²) in [6.45, 7) is 7.64. The molecule has 1 aromatic rings. The Bertz CT molecular complexity index is 332. The highest BCUT2D eigenvalue weighted by Crippen LogP contribution is 2.20. The van der Waals surface area contributed by atoms with E-state index in [2.05, 4.69) is 56.1 Å². The number of aryl methyl sites for hydroxylation is 1. The molecule has 0 saturated heterocycles. The summed E-state index contributed by atoms with van der Waals surface area (Å²) in [5.41, 5.74) is 7.50. The van der Waals surface area contributed by atoms with E-state index in [1.54, 1.807) is 0 Å². The molecule has 2 heteroatoms. The monoisotopic (exact) mass is 262 g/mol. The van der Waals surface area contributed by atoms with Crippen molar-refractivity contribution in [2.24, 2.45) is 11.1 Å². The van der Waals surface area contributed by atoms with Crippen LogP contribution in [-0.2, 0) is 6.42 Å². The van der Waals surface area contributed by atoms with Gasteiger partial charge in [-0.05, 0) is 63.3 Å². The Morgan fingerprint density at radius 2 is 1.68 bits per heavy atom. The molecule has 0 heterocycles. The summed E-state index contributed by atoms with van der Waals surface area (Å²) in [5.74, 6) is 0. The molecule has 0 radical (unpaired) electrons. The number of nitrogens with zero attached hydrogens (tertiary/aromatic N) is 1. The van der Waals surface area contributed by atoms with Crippen molar-refractivity contribution in [3.63, 3.8) is 0 Å². The lowest BCUT2D eigenvalue weighted by Crippen LogP contribution is -2.26. The average molecular weight is 262 g/mol. The Labute approximate surface area is 119 Å². The van der Waals surface area contributed by atoms with Crippen LogP contribution in [0.15, 0.2) is 30.3 Å². The molecule has 0 atom stereocenters. The number of benzene rings is 1. The molecule has 1 rings (SSSR count). The van der Waals surface area contributed by atoms with Gasteiger partial charge in [0.05, 0.1) is 0 Å². The summed E-state index contributed by atoms with van der Waals surface area (Å²) in [6.07, 6.45) is 4.87. The van der Waals surface area contributed by atoms with Crippen molar-refractivity contribution < 1.29 is 0 Å². The average Bonchev–Trinajstić information content (AvgIpc) is 2.40. The zero-order valence-corrected chi connectivity index (χ0v) is 12.9. The van der Waals surface area contributed by atoms with Crippen LogP contribution < -0.4 is 5.73 Å². The summed E-state index contributed by atoms with van der Waals surface area (Å²) in [6, 6.07) is 10.7. The van der Waals surface area contributed by atoms with Crippen molar-refractivity contribution in [3.8, 4) is 0 Å². The third kappa shape index (κ3) is 7.34. The van der Waals surface area contributed by atoms with Gasteiger partial charge >= 0.3 is 0 Å². The molecule has 0 spiro atoms.